The van der Waals surface area contributed by atoms with Crippen LogP contribution in [0.5, 0.6) is 0 Å². The molecule has 1 heterocycles. The lowest BCUT2D eigenvalue weighted by Crippen LogP contribution is -2.42. The van der Waals surface area contributed by atoms with Gasteiger partial charge >= 0.3 is 16.2 Å². The summed E-state index contributed by atoms with van der Waals surface area (Å²) in [5.41, 5.74) is 1.42. The lowest BCUT2D eigenvalue weighted by Gasteiger charge is -2.29. The highest BCUT2D eigenvalue weighted by atomic mass is 79.9. The number of nitrogens with one attached hydrogen (secondary N) is 1. The number of anilines is 1. The molecule has 0 atom stereocenters. The number of carbonyl (C=O) groups is 1. The fraction of sp³-hybridized carbons (Fsp3) is 0.462. The Balaban J connectivity index is 2.07. The van der Waals surface area contributed by atoms with Crippen LogP contribution in [0.3, 0.4) is 0 Å². The molecule has 0 radical (unpaired) electrons. The van der Waals surface area contributed by atoms with Crippen molar-refractivity contribution in [3.8, 4) is 0 Å². The van der Waals surface area contributed by atoms with Gasteiger partial charge in [-0.2, -0.15) is 12.7 Å². The molecule has 0 aromatic heterocycles. The summed E-state index contributed by atoms with van der Waals surface area (Å²) in [6.07, 6.45) is 0.682. The van der Waals surface area contributed by atoms with Crippen molar-refractivity contribution in [3.05, 3.63) is 28.2 Å². The molecule has 1 aliphatic rings. The van der Waals surface area contributed by atoms with Crippen LogP contribution in [0, 0.1) is 12.8 Å². The van der Waals surface area contributed by atoms with Crippen molar-refractivity contribution in [2.45, 2.75) is 19.8 Å². The van der Waals surface area contributed by atoms with Crippen LogP contribution in [-0.4, -0.2) is 36.9 Å². The molecule has 1 aromatic carbocycles. The van der Waals surface area contributed by atoms with Crippen molar-refractivity contribution in [2.75, 3.05) is 17.8 Å². The smallest absolute Gasteiger partial charge is 0.306 e. The van der Waals surface area contributed by atoms with E-state index in [4.69, 9.17) is 5.11 Å². The third-order valence-electron chi connectivity index (χ3n) is 3.43. The van der Waals surface area contributed by atoms with Crippen LogP contribution in [0.4, 0.5) is 5.69 Å². The predicted octanol–water partition coefficient (Wildman–Crippen LogP) is 2.21. The standard InChI is InChI=1S/C13H17BrN2O4S/c1-9-6-11(14)8-12(7-9)15-21(19,20)16-4-2-10(3-5-16)13(17)18/h6-8,10,15H,2-5H2,1H3,(H,17,18). The number of halogens is 1. The Morgan fingerprint density at radius 3 is 2.48 bits per heavy atom. The van der Waals surface area contributed by atoms with Gasteiger partial charge in [0.2, 0.25) is 0 Å². The molecule has 0 amide bonds. The number of aliphatic carboxylic acids is 1. The fourth-order valence-electron chi connectivity index (χ4n) is 2.35. The zero-order chi connectivity index (χ0) is 15.6. The molecule has 6 nitrogen and oxygen atoms in total. The highest BCUT2D eigenvalue weighted by molar-refractivity contribution is 9.10. The van der Waals surface area contributed by atoms with E-state index in [1.807, 2.05) is 13.0 Å². The van der Waals surface area contributed by atoms with E-state index in [0.29, 0.717) is 18.5 Å². The van der Waals surface area contributed by atoms with Crippen LogP contribution in [0.25, 0.3) is 0 Å². The SMILES string of the molecule is Cc1cc(Br)cc(NS(=O)(=O)N2CCC(C(=O)O)CC2)c1. The minimum absolute atomic E-state index is 0.222. The largest absolute Gasteiger partial charge is 0.481 e. The van der Waals surface area contributed by atoms with Gasteiger partial charge in [-0.25, -0.2) is 0 Å². The summed E-state index contributed by atoms with van der Waals surface area (Å²) in [6, 6.07) is 5.32. The molecular formula is C13H17BrN2O4S. The molecule has 0 spiro atoms. The highest BCUT2D eigenvalue weighted by Gasteiger charge is 2.30. The predicted molar refractivity (Wildman–Crippen MR) is 83.4 cm³/mol. The Hall–Kier alpha value is -1.12. The maximum absolute atomic E-state index is 12.3. The van der Waals surface area contributed by atoms with Crippen LogP contribution in [0.1, 0.15) is 18.4 Å². The first-order valence-electron chi connectivity index (χ1n) is 6.56. The number of hydrogen-bond acceptors (Lipinski definition) is 3. The molecule has 1 aliphatic heterocycles. The van der Waals surface area contributed by atoms with Gasteiger partial charge in [0.05, 0.1) is 11.6 Å². The van der Waals surface area contributed by atoms with E-state index < -0.39 is 22.1 Å². The Kier molecular flexibility index (Phi) is 4.90. The summed E-state index contributed by atoms with van der Waals surface area (Å²) in [5.74, 6) is -1.31. The van der Waals surface area contributed by atoms with Gasteiger partial charge in [0.25, 0.3) is 0 Å². The van der Waals surface area contributed by atoms with Crippen molar-refractivity contribution in [1.82, 2.24) is 4.31 Å². The topological polar surface area (TPSA) is 86.7 Å². The van der Waals surface area contributed by atoms with Crippen molar-refractivity contribution in [3.63, 3.8) is 0 Å². The van der Waals surface area contributed by atoms with Gasteiger partial charge in [0, 0.05) is 17.6 Å². The zero-order valence-corrected chi connectivity index (χ0v) is 13.9. The number of rotatable bonds is 4. The lowest BCUT2D eigenvalue weighted by atomic mass is 9.99. The van der Waals surface area contributed by atoms with Crippen LogP contribution in [0.15, 0.2) is 22.7 Å². The number of nitrogens with zero attached hydrogens (tertiary/aromatic N) is 1. The van der Waals surface area contributed by atoms with Crippen LogP contribution < -0.4 is 4.72 Å². The van der Waals surface area contributed by atoms with Crippen molar-refractivity contribution < 1.29 is 18.3 Å². The fourth-order valence-corrected chi connectivity index (χ4v) is 4.20. The van der Waals surface area contributed by atoms with E-state index in [2.05, 4.69) is 20.7 Å². The lowest BCUT2D eigenvalue weighted by molar-refractivity contribution is -0.142. The molecule has 1 saturated heterocycles. The van der Waals surface area contributed by atoms with Crippen LogP contribution in [-0.2, 0) is 15.0 Å². The van der Waals surface area contributed by atoms with Gasteiger partial charge in [-0.15, -0.1) is 0 Å². The number of carboxylic acid groups (broad SMARTS) is 1. The number of piperidine rings is 1. The summed E-state index contributed by atoms with van der Waals surface area (Å²) in [4.78, 5) is 10.9. The van der Waals surface area contributed by atoms with E-state index in [0.717, 1.165) is 10.0 Å². The first-order valence-corrected chi connectivity index (χ1v) is 8.79. The normalized spacial score (nSPS) is 17.6. The summed E-state index contributed by atoms with van der Waals surface area (Å²) in [6.45, 7) is 2.32. The van der Waals surface area contributed by atoms with Gasteiger partial charge in [-0.1, -0.05) is 15.9 Å². The van der Waals surface area contributed by atoms with Gasteiger partial charge in [-0.05, 0) is 43.5 Å². The Labute approximate surface area is 132 Å². The zero-order valence-electron chi connectivity index (χ0n) is 11.5. The van der Waals surface area contributed by atoms with E-state index in [-0.39, 0.29) is 13.1 Å². The van der Waals surface area contributed by atoms with Crippen LogP contribution >= 0.6 is 15.9 Å². The second kappa shape index (κ2) is 6.33. The van der Waals surface area contributed by atoms with Crippen molar-refractivity contribution >= 4 is 37.8 Å². The first kappa shape index (κ1) is 16.3. The molecule has 1 fully saturated rings. The first-order chi connectivity index (χ1) is 9.78. The molecular weight excluding hydrogens is 360 g/mol. The average Bonchev–Trinajstić information content (AvgIpc) is 2.37. The number of benzene rings is 1. The molecule has 8 heteroatoms. The minimum atomic E-state index is -3.65. The van der Waals surface area contributed by atoms with Gasteiger partial charge in [-0.3, -0.25) is 9.52 Å². The van der Waals surface area contributed by atoms with Crippen molar-refractivity contribution in [2.24, 2.45) is 5.92 Å². The Bertz CT molecular complexity index is 619. The van der Waals surface area contributed by atoms with Crippen LogP contribution in [0.2, 0.25) is 0 Å². The second-order valence-electron chi connectivity index (χ2n) is 5.14. The van der Waals surface area contributed by atoms with Gasteiger partial charge in [0.15, 0.2) is 0 Å². The van der Waals surface area contributed by atoms with E-state index in [1.165, 1.54) is 4.31 Å². The molecule has 116 valence electrons. The molecule has 0 unspecified atom stereocenters. The molecule has 0 bridgehead atoms. The Morgan fingerprint density at radius 2 is 1.95 bits per heavy atom. The number of hydrogen-bond donors (Lipinski definition) is 2. The quantitative estimate of drug-likeness (QED) is 0.843. The number of aryl methyl sites for hydroxylation is 1. The third kappa shape index (κ3) is 4.18. The van der Waals surface area contributed by atoms with Crippen molar-refractivity contribution in [1.29, 1.82) is 0 Å². The summed E-state index contributed by atoms with van der Waals surface area (Å²) >= 11 is 3.33. The summed E-state index contributed by atoms with van der Waals surface area (Å²) < 4.78 is 29.2. The molecule has 0 saturated carbocycles. The van der Waals surface area contributed by atoms with E-state index in [9.17, 15) is 13.2 Å². The monoisotopic (exact) mass is 376 g/mol. The summed E-state index contributed by atoms with van der Waals surface area (Å²) in [7, 11) is -3.65. The minimum Gasteiger partial charge on any atom is -0.481 e. The van der Waals surface area contributed by atoms with E-state index >= 15 is 0 Å². The Morgan fingerprint density at radius 1 is 1.33 bits per heavy atom. The average molecular weight is 377 g/mol. The highest BCUT2D eigenvalue weighted by Crippen LogP contribution is 2.23. The van der Waals surface area contributed by atoms with Gasteiger partial charge in [0.1, 0.15) is 0 Å². The summed E-state index contributed by atoms with van der Waals surface area (Å²) in [5, 5.41) is 8.93. The van der Waals surface area contributed by atoms with Gasteiger partial charge < -0.3 is 5.11 Å². The van der Waals surface area contributed by atoms with E-state index in [1.54, 1.807) is 12.1 Å². The molecule has 2 rings (SSSR count). The molecule has 1 aromatic rings. The maximum atomic E-state index is 12.3. The second-order valence-corrected chi connectivity index (χ2v) is 7.72. The number of carboxylic acids is 1. The third-order valence-corrected chi connectivity index (χ3v) is 5.43. The molecule has 2 N–H and O–H groups in total. The molecule has 0 aliphatic carbocycles. The maximum Gasteiger partial charge on any atom is 0.306 e. The molecule has 21 heavy (non-hydrogen) atoms.